The zero-order valence-corrected chi connectivity index (χ0v) is 13.6. The van der Waals surface area contributed by atoms with Gasteiger partial charge in [-0.2, -0.15) is 0 Å². The van der Waals surface area contributed by atoms with Gasteiger partial charge in [0, 0.05) is 17.3 Å². The highest BCUT2D eigenvalue weighted by Crippen LogP contribution is 2.27. The maximum absolute atomic E-state index is 12.3. The minimum atomic E-state index is -0.668. The number of esters is 1. The SMILES string of the molecule is O=C(OCC(=O)N1CCc2ccccc21)c1cc(Cl)ccc1Cl. The van der Waals surface area contributed by atoms with Crippen molar-refractivity contribution < 1.29 is 14.3 Å². The van der Waals surface area contributed by atoms with Crippen molar-refractivity contribution >= 4 is 40.8 Å². The van der Waals surface area contributed by atoms with Crippen molar-refractivity contribution in [3.63, 3.8) is 0 Å². The maximum atomic E-state index is 12.3. The van der Waals surface area contributed by atoms with Gasteiger partial charge in [-0.05, 0) is 36.2 Å². The quantitative estimate of drug-likeness (QED) is 0.793. The zero-order chi connectivity index (χ0) is 16.4. The fourth-order valence-corrected chi connectivity index (χ4v) is 2.90. The van der Waals surface area contributed by atoms with Gasteiger partial charge in [0.15, 0.2) is 6.61 Å². The van der Waals surface area contributed by atoms with Crippen molar-refractivity contribution in [1.29, 1.82) is 0 Å². The van der Waals surface area contributed by atoms with Gasteiger partial charge in [-0.25, -0.2) is 4.79 Å². The second-order valence-corrected chi connectivity index (χ2v) is 5.97. The first kappa shape index (κ1) is 15.8. The fourth-order valence-electron chi connectivity index (χ4n) is 2.53. The molecule has 0 saturated carbocycles. The third-order valence-corrected chi connectivity index (χ3v) is 4.23. The normalized spacial score (nSPS) is 12.9. The molecule has 0 N–H and O–H groups in total. The average molecular weight is 350 g/mol. The van der Waals surface area contributed by atoms with E-state index in [0.29, 0.717) is 11.6 Å². The average Bonchev–Trinajstić information content (AvgIpc) is 2.98. The van der Waals surface area contributed by atoms with E-state index in [1.165, 1.54) is 12.1 Å². The van der Waals surface area contributed by atoms with Gasteiger partial charge in [0.05, 0.1) is 10.6 Å². The number of ether oxygens (including phenoxy) is 1. The van der Waals surface area contributed by atoms with Gasteiger partial charge in [0.1, 0.15) is 0 Å². The number of para-hydroxylation sites is 1. The summed E-state index contributed by atoms with van der Waals surface area (Å²) in [5.74, 6) is -0.931. The molecule has 0 radical (unpaired) electrons. The Hall–Kier alpha value is -2.04. The molecule has 0 spiro atoms. The smallest absolute Gasteiger partial charge is 0.340 e. The molecule has 118 valence electrons. The molecule has 2 aromatic rings. The van der Waals surface area contributed by atoms with Gasteiger partial charge in [0.2, 0.25) is 0 Å². The van der Waals surface area contributed by atoms with Crippen molar-refractivity contribution in [2.45, 2.75) is 6.42 Å². The molecule has 3 rings (SSSR count). The van der Waals surface area contributed by atoms with E-state index in [1.54, 1.807) is 11.0 Å². The van der Waals surface area contributed by atoms with Crippen LogP contribution in [0.15, 0.2) is 42.5 Å². The predicted octanol–water partition coefficient (Wildman–Crippen LogP) is 3.74. The van der Waals surface area contributed by atoms with Crippen LogP contribution < -0.4 is 4.90 Å². The minimum absolute atomic E-state index is 0.147. The summed E-state index contributed by atoms with van der Waals surface area (Å²) in [4.78, 5) is 26.0. The van der Waals surface area contributed by atoms with Crippen molar-refractivity contribution in [2.75, 3.05) is 18.1 Å². The molecule has 6 heteroatoms. The number of halogens is 2. The highest BCUT2D eigenvalue weighted by atomic mass is 35.5. The Labute approximate surface area is 143 Å². The number of benzene rings is 2. The molecule has 1 aliphatic heterocycles. The molecule has 0 aromatic heterocycles. The molecular formula is C17H13Cl2NO3. The number of amides is 1. The van der Waals surface area contributed by atoms with Crippen LogP contribution in [0.4, 0.5) is 5.69 Å². The van der Waals surface area contributed by atoms with Crippen molar-refractivity contribution in [1.82, 2.24) is 0 Å². The first-order chi connectivity index (χ1) is 11.1. The van der Waals surface area contributed by atoms with Crippen LogP contribution in [-0.4, -0.2) is 25.0 Å². The Morgan fingerprint density at radius 1 is 1.13 bits per heavy atom. The summed E-state index contributed by atoms with van der Waals surface area (Å²) < 4.78 is 5.08. The van der Waals surface area contributed by atoms with Crippen LogP contribution in [-0.2, 0) is 16.0 Å². The third-order valence-electron chi connectivity index (χ3n) is 3.66. The van der Waals surface area contributed by atoms with E-state index in [4.69, 9.17) is 27.9 Å². The lowest BCUT2D eigenvalue weighted by Crippen LogP contribution is -2.33. The number of hydrogen-bond acceptors (Lipinski definition) is 3. The van der Waals surface area contributed by atoms with Crippen molar-refractivity contribution in [2.24, 2.45) is 0 Å². The highest BCUT2D eigenvalue weighted by molar-refractivity contribution is 6.35. The Bertz CT molecular complexity index is 776. The summed E-state index contributed by atoms with van der Waals surface area (Å²) >= 11 is 11.8. The number of anilines is 1. The fraction of sp³-hybridized carbons (Fsp3) is 0.176. The summed E-state index contributed by atoms with van der Waals surface area (Å²) in [5.41, 5.74) is 2.13. The van der Waals surface area contributed by atoms with E-state index in [9.17, 15) is 9.59 Å². The van der Waals surface area contributed by atoms with Crippen molar-refractivity contribution in [3.8, 4) is 0 Å². The largest absolute Gasteiger partial charge is 0.452 e. The number of fused-ring (bicyclic) bond motifs is 1. The topological polar surface area (TPSA) is 46.6 Å². The molecule has 0 unspecified atom stereocenters. The van der Waals surface area contributed by atoms with Crippen LogP contribution in [0.3, 0.4) is 0 Å². The molecular weight excluding hydrogens is 337 g/mol. The summed E-state index contributed by atoms with van der Waals surface area (Å²) in [7, 11) is 0. The molecule has 0 fully saturated rings. The zero-order valence-electron chi connectivity index (χ0n) is 12.1. The van der Waals surface area contributed by atoms with Crippen LogP contribution >= 0.6 is 23.2 Å². The second kappa shape index (κ2) is 6.60. The van der Waals surface area contributed by atoms with Gasteiger partial charge in [-0.3, -0.25) is 4.79 Å². The van der Waals surface area contributed by atoms with E-state index < -0.39 is 5.97 Å². The standard InChI is InChI=1S/C17H13Cl2NO3/c18-12-5-6-14(19)13(9-12)17(22)23-10-16(21)20-8-7-11-3-1-2-4-15(11)20/h1-6,9H,7-8,10H2. The van der Waals surface area contributed by atoms with E-state index in [-0.39, 0.29) is 23.1 Å². The lowest BCUT2D eigenvalue weighted by atomic mass is 10.2. The Morgan fingerprint density at radius 2 is 1.91 bits per heavy atom. The Morgan fingerprint density at radius 3 is 2.74 bits per heavy atom. The summed E-state index contributed by atoms with van der Waals surface area (Å²) in [6, 6.07) is 12.2. The summed E-state index contributed by atoms with van der Waals surface area (Å²) in [6.07, 6.45) is 0.802. The predicted molar refractivity (Wildman–Crippen MR) is 89.2 cm³/mol. The monoisotopic (exact) mass is 349 g/mol. The molecule has 0 bridgehead atoms. The molecule has 0 aliphatic carbocycles. The van der Waals surface area contributed by atoms with Crippen molar-refractivity contribution in [3.05, 3.63) is 63.6 Å². The Kier molecular flexibility index (Phi) is 4.55. The number of carbonyl (C=O) groups excluding carboxylic acids is 2. The Balaban J connectivity index is 1.66. The van der Waals surface area contributed by atoms with E-state index in [0.717, 1.165) is 17.7 Å². The van der Waals surface area contributed by atoms with Gasteiger partial charge in [-0.1, -0.05) is 41.4 Å². The maximum Gasteiger partial charge on any atom is 0.340 e. The first-order valence-electron chi connectivity index (χ1n) is 7.06. The van der Waals surface area contributed by atoms with Crippen LogP contribution in [0, 0.1) is 0 Å². The van der Waals surface area contributed by atoms with Gasteiger partial charge in [-0.15, -0.1) is 0 Å². The molecule has 1 amide bonds. The molecule has 23 heavy (non-hydrogen) atoms. The number of nitrogens with zero attached hydrogens (tertiary/aromatic N) is 1. The van der Waals surface area contributed by atoms with E-state index in [1.807, 2.05) is 24.3 Å². The highest BCUT2D eigenvalue weighted by Gasteiger charge is 2.25. The second-order valence-electron chi connectivity index (χ2n) is 5.12. The molecule has 0 atom stereocenters. The van der Waals surface area contributed by atoms with Gasteiger partial charge in [0.25, 0.3) is 5.91 Å². The first-order valence-corrected chi connectivity index (χ1v) is 7.82. The lowest BCUT2D eigenvalue weighted by molar-refractivity contribution is -0.121. The third kappa shape index (κ3) is 3.33. The summed E-state index contributed by atoms with van der Waals surface area (Å²) in [5, 5.41) is 0.611. The van der Waals surface area contributed by atoms with Crippen LogP contribution in [0.2, 0.25) is 10.0 Å². The van der Waals surface area contributed by atoms with E-state index in [2.05, 4.69) is 0 Å². The molecule has 1 aliphatic rings. The molecule has 2 aromatic carbocycles. The van der Waals surface area contributed by atoms with Crippen LogP contribution in [0.5, 0.6) is 0 Å². The van der Waals surface area contributed by atoms with E-state index >= 15 is 0 Å². The summed E-state index contributed by atoms with van der Waals surface area (Å²) in [6.45, 7) is 0.254. The number of rotatable bonds is 3. The molecule has 4 nitrogen and oxygen atoms in total. The number of hydrogen-bond donors (Lipinski definition) is 0. The van der Waals surface area contributed by atoms with Crippen LogP contribution in [0.1, 0.15) is 15.9 Å². The van der Waals surface area contributed by atoms with Gasteiger partial charge < -0.3 is 9.64 Å². The minimum Gasteiger partial charge on any atom is -0.452 e. The molecule has 0 saturated heterocycles. The van der Waals surface area contributed by atoms with Gasteiger partial charge >= 0.3 is 5.97 Å². The number of carbonyl (C=O) groups is 2. The lowest BCUT2D eigenvalue weighted by Gasteiger charge is -2.17. The van der Waals surface area contributed by atoms with Crippen LogP contribution in [0.25, 0.3) is 0 Å². The molecule has 1 heterocycles.